The second-order valence-corrected chi connectivity index (χ2v) is 4.65. The molecule has 2 N–H and O–H groups in total. The minimum Gasteiger partial charge on any atom is -0.350 e. The molecule has 0 saturated carbocycles. The Morgan fingerprint density at radius 1 is 1.37 bits per heavy atom. The Balaban J connectivity index is 1.91. The van der Waals surface area contributed by atoms with Gasteiger partial charge in [-0.1, -0.05) is 17.7 Å². The van der Waals surface area contributed by atoms with Gasteiger partial charge in [-0.2, -0.15) is 5.10 Å². The number of benzene rings is 1. The highest BCUT2D eigenvalue weighted by Crippen LogP contribution is 2.20. The van der Waals surface area contributed by atoms with Gasteiger partial charge in [0.2, 0.25) is 0 Å². The van der Waals surface area contributed by atoms with E-state index in [1.165, 1.54) is 0 Å². The molecule has 0 spiro atoms. The van der Waals surface area contributed by atoms with Gasteiger partial charge in [0.15, 0.2) is 0 Å². The molecule has 0 aliphatic heterocycles. The van der Waals surface area contributed by atoms with Gasteiger partial charge in [-0.15, -0.1) is 0 Å². The van der Waals surface area contributed by atoms with Gasteiger partial charge in [0.25, 0.3) is 5.91 Å². The van der Waals surface area contributed by atoms with Gasteiger partial charge in [-0.3, -0.25) is 9.48 Å². The van der Waals surface area contributed by atoms with Crippen LogP contribution in [0.1, 0.15) is 10.5 Å². The lowest BCUT2D eigenvalue weighted by atomic mass is 10.2. The number of aromatic amines is 1. The Labute approximate surface area is 114 Å². The summed E-state index contributed by atoms with van der Waals surface area (Å²) in [4.78, 5) is 15.1. The predicted molar refractivity (Wildman–Crippen MR) is 74.5 cm³/mol. The first-order valence-electron chi connectivity index (χ1n) is 5.71. The van der Waals surface area contributed by atoms with Gasteiger partial charge >= 0.3 is 0 Å². The fraction of sp³-hybridized carbons (Fsp3) is 0.0769. The third kappa shape index (κ3) is 2.20. The summed E-state index contributed by atoms with van der Waals surface area (Å²) < 4.78 is 1.59. The number of nitrogens with zero attached hydrogens (tertiary/aromatic N) is 2. The number of H-pyrrole nitrogens is 1. The van der Waals surface area contributed by atoms with Crippen LogP contribution in [0.3, 0.4) is 0 Å². The van der Waals surface area contributed by atoms with Crippen LogP contribution in [0.15, 0.2) is 36.5 Å². The van der Waals surface area contributed by atoms with E-state index in [1.54, 1.807) is 42.2 Å². The van der Waals surface area contributed by atoms with Crippen molar-refractivity contribution in [3.8, 4) is 0 Å². The number of nitrogens with one attached hydrogen (secondary N) is 2. The summed E-state index contributed by atoms with van der Waals surface area (Å²) in [5.41, 5.74) is 1.32. The van der Waals surface area contributed by atoms with E-state index >= 15 is 0 Å². The number of carbonyl (C=O) groups excluding carboxylic acids is 1. The van der Waals surface area contributed by atoms with Crippen LogP contribution in [0, 0.1) is 0 Å². The molecule has 0 bridgehead atoms. The Morgan fingerprint density at radius 3 is 2.95 bits per heavy atom. The molecule has 3 rings (SSSR count). The fourth-order valence-corrected chi connectivity index (χ4v) is 2.07. The molecule has 0 aliphatic rings. The first-order valence-corrected chi connectivity index (χ1v) is 6.09. The van der Waals surface area contributed by atoms with Gasteiger partial charge in [0.1, 0.15) is 11.5 Å². The summed E-state index contributed by atoms with van der Waals surface area (Å²) in [6.07, 6.45) is 1.63. The van der Waals surface area contributed by atoms with E-state index in [4.69, 9.17) is 11.6 Å². The van der Waals surface area contributed by atoms with Gasteiger partial charge in [-0.05, 0) is 18.2 Å². The van der Waals surface area contributed by atoms with Crippen molar-refractivity contribution in [2.75, 3.05) is 5.32 Å². The summed E-state index contributed by atoms with van der Waals surface area (Å²) in [6, 6.07) is 8.97. The molecule has 1 aromatic carbocycles. The highest BCUT2D eigenvalue weighted by Gasteiger charge is 2.11. The maximum absolute atomic E-state index is 12.1. The van der Waals surface area contributed by atoms with Crippen molar-refractivity contribution < 1.29 is 4.79 Å². The molecule has 3 aromatic rings. The first-order chi connectivity index (χ1) is 9.13. The third-order valence-electron chi connectivity index (χ3n) is 2.89. The van der Waals surface area contributed by atoms with Crippen molar-refractivity contribution in [3.05, 3.63) is 47.2 Å². The molecule has 6 heteroatoms. The van der Waals surface area contributed by atoms with Crippen molar-refractivity contribution in [1.29, 1.82) is 0 Å². The van der Waals surface area contributed by atoms with Crippen molar-refractivity contribution in [2.24, 2.45) is 7.05 Å². The number of aromatic nitrogens is 3. The Bertz CT molecular complexity index is 759. The number of amides is 1. The average Bonchev–Trinajstić information content (AvgIpc) is 2.96. The van der Waals surface area contributed by atoms with E-state index in [-0.39, 0.29) is 5.91 Å². The van der Waals surface area contributed by atoms with Crippen LogP contribution in [0.25, 0.3) is 10.9 Å². The Hall–Kier alpha value is -2.27. The zero-order chi connectivity index (χ0) is 13.4. The molecule has 19 heavy (non-hydrogen) atoms. The summed E-state index contributed by atoms with van der Waals surface area (Å²) in [7, 11) is 1.76. The standard InChI is InChI=1S/C13H11ClN4O/c1-18-12(4-5-15-18)17-13(19)11-6-8-2-3-9(14)7-10(8)16-11/h2-7,16H,1H3,(H,17,19). The van der Waals surface area contributed by atoms with Crippen molar-refractivity contribution in [2.45, 2.75) is 0 Å². The Morgan fingerprint density at radius 2 is 2.21 bits per heavy atom. The SMILES string of the molecule is Cn1nccc1NC(=O)c1cc2ccc(Cl)cc2[nH]1. The molecule has 0 fully saturated rings. The normalized spacial score (nSPS) is 10.8. The molecule has 0 saturated heterocycles. The molecule has 5 nitrogen and oxygen atoms in total. The quantitative estimate of drug-likeness (QED) is 0.755. The van der Waals surface area contributed by atoms with E-state index in [2.05, 4.69) is 15.4 Å². The monoisotopic (exact) mass is 274 g/mol. The number of carbonyl (C=O) groups is 1. The molecule has 96 valence electrons. The van der Waals surface area contributed by atoms with E-state index in [0.717, 1.165) is 10.9 Å². The van der Waals surface area contributed by atoms with Gasteiger partial charge < -0.3 is 10.3 Å². The molecular formula is C13H11ClN4O. The lowest BCUT2D eigenvalue weighted by Crippen LogP contribution is -2.14. The van der Waals surface area contributed by atoms with Gasteiger partial charge in [-0.25, -0.2) is 0 Å². The van der Waals surface area contributed by atoms with E-state index in [9.17, 15) is 4.79 Å². The van der Waals surface area contributed by atoms with E-state index < -0.39 is 0 Å². The highest BCUT2D eigenvalue weighted by atomic mass is 35.5. The summed E-state index contributed by atoms with van der Waals surface area (Å²) in [5.74, 6) is 0.428. The van der Waals surface area contributed by atoms with Crippen LogP contribution < -0.4 is 5.32 Å². The highest BCUT2D eigenvalue weighted by molar-refractivity contribution is 6.31. The van der Waals surface area contributed by atoms with Crippen molar-refractivity contribution in [3.63, 3.8) is 0 Å². The van der Waals surface area contributed by atoms with E-state index in [0.29, 0.717) is 16.5 Å². The predicted octanol–water partition coefficient (Wildman–Crippen LogP) is 2.81. The van der Waals surface area contributed by atoms with Crippen LogP contribution >= 0.6 is 11.6 Å². The summed E-state index contributed by atoms with van der Waals surface area (Å²) >= 11 is 5.91. The van der Waals surface area contributed by atoms with Gasteiger partial charge in [0.05, 0.1) is 6.20 Å². The maximum Gasteiger partial charge on any atom is 0.273 e. The molecule has 0 atom stereocenters. The largest absolute Gasteiger partial charge is 0.350 e. The van der Waals surface area contributed by atoms with E-state index in [1.807, 2.05) is 6.07 Å². The van der Waals surface area contributed by atoms with Crippen LogP contribution in [-0.2, 0) is 7.05 Å². The third-order valence-corrected chi connectivity index (χ3v) is 3.13. The van der Waals surface area contributed by atoms with Crippen LogP contribution in [0.4, 0.5) is 5.82 Å². The first kappa shape index (κ1) is 11.8. The number of fused-ring (bicyclic) bond motifs is 1. The number of aryl methyl sites for hydroxylation is 1. The second-order valence-electron chi connectivity index (χ2n) is 4.21. The zero-order valence-electron chi connectivity index (χ0n) is 10.1. The van der Waals surface area contributed by atoms with Crippen molar-refractivity contribution in [1.82, 2.24) is 14.8 Å². The smallest absolute Gasteiger partial charge is 0.273 e. The second kappa shape index (κ2) is 4.44. The van der Waals surface area contributed by atoms with Crippen molar-refractivity contribution >= 4 is 34.2 Å². The molecular weight excluding hydrogens is 264 g/mol. The molecule has 1 amide bonds. The molecule has 0 radical (unpaired) electrons. The number of rotatable bonds is 2. The lowest BCUT2D eigenvalue weighted by molar-refractivity contribution is 0.102. The maximum atomic E-state index is 12.1. The topological polar surface area (TPSA) is 62.7 Å². The summed E-state index contributed by atoms with van der Waals surface area (Å²) in [5, 5.41) is 8.35. The van der Waals surface area contributed by atoms with Crippen LogP contribution in [0.5, 0.6) is 0 Å². The van der Waals surface area contributed by atoms with Crippen LogP contribution in [-0.4, -0.2) is 20.7 Å². The zero-order valence-corrected chi connectivity index (χ0v) is 10.9. The molecule has 0 aliphatic carbocycles. The minimum absolute atomic E-state index is 0.212. The fourth-order valence-electron chi connectivity index (χ4n) is 1.90. The number of hydrogen-bond donors (Lipinski definition) is 2. The number of halogens is 1. The summed E-state index contributed by atoms with van der Waals surface area (Å²) in [6.45, 7) is 0. The average molecular weight is 275 g/mol. The lowest BCUT2D eigenvalue weighted by Gasteiger charge is -2.02. The number of hydrogen-bond acceptors (Lipinski definition) is 2. The molecule has 2 heterocycles. The molecule has 0 unspecified atom stereocenters. The van der Waals surface area contributed by atoms with Crippen LogP contribution in [0.2, 0.25) is 5.02 Å². The molecule has 2 aromatic heterocycles. The Kier molecular flexibility index (Phi) is 2.76. The minimum atomic E-state index is -0.212. The van der Waals surface area contributed by atoms with Gasteiger partial charge in [0, 0.05) is 29.0 Å². The number of anilines is 1.